The third-order valence-corrected chi connectivity index (χ3v) is 7.95. The van der Waals surface area contributed by atoms with Crippen LogP contribution in [0.15, 0.2) is 78.1 Å². The fraction of sp³-hybridized carbons (Fsp3) is 0.258. The molecule has 1 saturated heterocycles. The first-order valence-corrected chi connectivity index (χ1v) is 13.7. The Bertz CT molecular complexity index is 1650. The summed E-state index contributed by atoms with van der Waals surface area (Å²) in [5, 5.41) is 1.83. The molecule has 6 nitrogen and oxygen atoms in total. The van der Waals surface area contributed by atoms with Gasteiger partial charge in [-0.1, -0.05) is 80.0 Å². The molecule has 0 saturated carbocycles. The summed E-state index contributed by atoms with van der Waals surface area (Å²) in [5.74, 6) is 0.639. The normalized spacial score (nSPS) is 15.7. The molecule has 0 spiro atoms. The van der Waals surface area contributed by atoms with Crippen molar-refractivity contribution in [3.63, 3.8) is 0 Å². The van der Waals surface area contributed by atoms with Gasteiger partial charge in [-0.05, 0) is 48.7 Å². The van der Waals surface area contributed by atoms with Crippen molar-refractivity contribution in [3.05, 3.63) is 99.4 Å². The molecule has 1 amide bonds. The van der Waals surface area contributed by atoms with Gasteiger partial charge in [0.25, 0.3) is 0 Å². The monoisotopic (exact) mass is 560 g/mol. The van der Waals surface area contributed by atoms with Gasteiger partial charge in [0.15, 0.2) is 0 Å². The van der Waals surface area contributed by atoms with E-state index < -0.39 is 0 Å². The Morgan fingerprint density at radius 1 is 1.03 bits per heavy atom. The quantitative estimate of drug-likeness (QED) is 0.254. The fourth-order valence-electron chi connectivity index (χ4n) is 5.35. The van der Waals surface area contributed by atoms with Crippen LogP contribution in [-0.4, -0.2) is 46.0 Å². The zero-order valence-corrected chi connectivity index (χ0v) is 23.7. The third kappa shape index (κ3) is 4.95. The van der Waals surface area contributed by atoms with Crippen LogP contribution in [0.2, 0.25) is 10.0 Å². The molecule has 1 atom stereocenters. The van der Waals surface area contributed by atoms with Crippen molar-refractivity contribution in [2.45, 2.75) is 32.7 Å². The molecule has 4 aromatic rings. The Morgan fingerprint density at radius 2 is 1.74 bits per heavy atom. The SMILES string of the molecule is C=CC(=O)N1CCN(c2nc(=O)n(-c3ccccc3C(C)C)c3cc(-c4ccccc4Cl)c(Cl)cc23)C(C)C1. The molecule has 8 heteroatoms. The molecule has 39 heavy (non-hydrogen) atoms. The number of aromatic nitrogens is 2. The Labute approximate surface area is 238 Å². The molecule has 1 aromatic heterocycles. The molecule has 2 heterocycles. The summed E-state index contributed by atoms with van der Waals surface area (Å²) < 4.78 is 1.67. The maximum atomic E-state index is 13.9. The largest absolute Gasteiger partial charge is 0.354 e. The summed E-state index contributed by atoms with van der Waals surface area (Å²) >= 11 is 13.5. The molecule has 0 bridgehead atoms. The number of anilines is 1. The number of hydrogen-bond acceptors (Lipinski definition) is 4. The number of rotatable bonds is 5. The first-order chi connectivity index (χ1) is 18.7. The predicted molar refractivity (Wildman–Crippen MR) is 160 cm³/mol. The van der Waals surface area contributed by atoms with Crippen molar-refractivity contribution in [1.82, 2.24) is 14.5 Å². The van der Waals surface area contributed by atoms with Crippen molar-refractivity contribution in [2.75, 3.05) is 24.5 Å². The Kier molecular flexibility index (Phi) is 7.52. The first kappa shape index (κ1) is 27.0. The van der Waals surface area contributed by atoms with E-state index in [0.717, 1.165) is 27.8 Å². The van der Waals surface area contributed by atoms with Crippen molar-refractivity contribution in [1.29, 1.82) is 0 Å². The second-order valence-corrected chi connectivity index (χ2v) is 10.9. The van der Waals surface area contributed by atoms with Gasteiger partial charge in [-0.2, -0.15) is 4.98 Å². The molecule has 0 radical (unpaired) electrons. The second-order valence-electron chi connectivity index (χ2n) is 10.1. The maximum Gasteiger partial charge on any atom is 0.354 e. The van der Waals surface area contributed by atoms with Crippen LogP contribution >= 0.6 is 23.2 Å². The van der Waals surface area contributed by atoms with Crippen molar-refractivity contribution in [3.8, 4) is 16.8 Å². The lowest BCUT2D eigenvalue weighted by atomic mass is 9.99. The molecule has 1 unspecified atom stereocenters. The summed E-state index contributed by atoms with van der Waals surface area (Å²) in [6, 6.07) is 19.1. The Balaban J connectivity index is 1.78. The maximum absolute atomic E-state index is 13.9. The molecule has 1 aliphatic heterocycles. The van der Waals surface area contributed by atoms with Crippen LogP contribution in [0.5, 0.6) is 0 Å². The third-order valence-electron chi connectivity index (χ3n) is 7.31. The lowest BCUT2D eigenvalue weighted by Gasteiger charge is -2.40. The van der Waals surface area contributed by atoms with E-state index in [4.69, 9.17) is 23.2 Å². The van der Waals surface area contributed by atoms with E-state index in [-0.39, 0.29) is 23.6 Å². The van der Waals surface area contributed by atoms with Gasteiger partial charge in [0.1, 0.15) is 5.82 Å². The molecule has 3 aromatic carbocycles. The minimum Gasteiger partial charge on any atom is -0.350 e. The Hall–Kier alpha value is -3.61. The molecular formula is C31H30Cl2N4O2. The summed E-state index contributed by atoms with van der Waals surface area (Å²) in [7, 11) is 0. The number of piperazine rings is 1. The van der Waals surface area contributed by atoms with Crippen molar-refractivity contribution >= 4 is 45.8 Å². The van der Waals surface area contributed by atoms with Crippen LogP contribution in [0.4, 0.5) is 5.82 Å². The van der Waals surface area contributed by atoms with E-state index in [1.54, 1.807) is 9.47 Å². The zero-order chi connectivity index (χ0) is 27.8. The molecule has 0 N–H and O–H groups in total. The lowest BCUT2D eigenvalue weighted by Crippen LogP contribution is -2.54. The number of para-hydroxylation sites is 1. The van der Waals surface area contributed by atoms with Crippen molar-refractivity contribution in [2.24, 2.45) is 0 Å². The van der Waals surface area contributed by atoms with Gasteiger partial charge < -0.3 is 9.80 Å². The molecule has 1 aliphatic rings. The zero-order valence-electron chi connectivity index (χ0n) is 22.2. The minimum absolute atomic E-state index is 0.0708. The molecule has 5 rings (SSSR count). The molecular weight excluding hydrogens is 531 g/mol. The van der Waals surface area contributed by atoms with E-state index in [0.29, 0.717) is 41.0 Å². The highest BCUT2D eigenvalue weighted by atomic mass is 35.5. The van der Waals surface area contributed by atoms with Crippen molar-refractivity contribution < 1.29 is 4.79 Å². The predicted octanol–water partition coefficient (Wildman–Crippen LogP) is 6.71. The summed E-state index contributed by atoms with van der Waals surface area (Å²) in [6.07, 6.45) is 1.33. The van der Waals surface area contributed by atoms with Crippen LogP contribution < -0.4 is 10.6 Å². The topological polar surface area (TPSA) is 58.4 Å². The number of amides is 1. The fourth-order valence-corrected chi connectivity index (χ4v) is 5.85. The number of carbonyl (C=O) groups is 1. The average Bonchev–Trinajstić information content (AvgIpc) is 2.92. The molecule has 1 fully saturated rings. The summed E-state index contributed by atoms with van der Waals surface area (Å²) in [5.41, 5.74) is 3.64. The van der Waals surface area contributed by atoms with E-state index in [1.165, 1.54) is 6.08 Å². The van der Waals surface area contributed by atoms with Crippen LogP contribution in [0.3, 0.4) is 0 Å². The number of nitrogens with zero attached hydrogens (tertiary/aromatic N) is 4. The summed E-state index contributed by atoms with van der Waals surface area (Å²) in [6.45, 7) is 11.4. The molecule has 200 valence electrons. The second kappa shape index (κ2) is 10.9. The van der Waals surface area contributed by atoms with Gasteiger partial charge in [0.05, 0.1) is 11.2 Å². The lowest BCUT2D eigenvalue weighted by molar-refractivity contribution is -0.126. The van der Waals surface area contributed by atoms with Crippen LogP contribution in [-0.2, 0) is 4.79 Å². The van der Waals surface area contributed by atoms with E-state index >= 15 is 0 Å². The van der Waals surface area contributed by atoms with Gasteiger partial charge in [0, 0.05) is 52.2 Å². The van der Waals surface area contributed by atoms with Gasteiger partial charge in [-0.25, -0.2) is 4.79 Å². The van der Waals surface area contributed by atoms with Crippen LogP contribution in [0.25, 0.3) is 27.7 Å². The summed E-state index contributed by atoms with van der Waals surface area (Å²) in [4.78, 5) is 34.6. The molecule has 0 aliphatic carbocycles. The number of carbonyl (C=O) groups excluding carboxylic acids is 1. The Morgan fingerprint density at radius 3 is 2.44 bits per heavy atom. The minimum atomic E-state index is -0.380. The van der Waals surface area contributed by atoms with E-state index in [1.807, 2.05) is 67.6 Å². The van der Waals surface area contributed by atoms with Gasteiger partial charge in [-0.3, -0.25) is 9.36 Å². The number of benzene rings is 3. The van der Waals surface area contributed by atoms with Crippen LogP contribution in [0, 0.1) is 0 Å². The smallest absolute Gasteiger partial charge is 0.350 e. The highest BCUT2D eigenvalue weighted by Crippen LogP contribution is 2.39. The van der Waals surface area contributed by atoms with Crippen LogP contribution in [0.1, 0.15) is 32.3 Å². The standard InChI is InChI=1S/C31H30Cl2N4O2/c1-5-29(38)35-14-15-36(20(4)18-35)30-24-16-26(33)23(22-11-6-8-12-25(22)32)17-28(24)37(31(39)34-30)27-13-9-7-10-21(27)19(2)3/h5-13,16-17,19-20H,1,14-15,18H2,2-4H3. The van der Waals surface area contributed by atoms with E-state index in [2.05, 4.69) is 30.3 Å². The average molecular weight is 562 g/mol. The number of halogens is 2. The van der Waals surface area contributed by atoms with Gasteiger partial charge in [0.2, 0.25) is 5.91 Å². The number of hydrogen-bond donors (Lipinski definition) is 0. The van der Waals surface area contributed by atoms with Gasteiger partial charge in [-0.15, -0.1) is 0 Å². The first-order valence-electron chi connectivity index (χ1n) is 13.0. The van der Waals surface area contributed by atoms with Gasteiger partial charge >= 0.3 is 5.69 Å². The highest BCUT2D eigenvalue weighted by molar-refractivity contribution is 6.37. The number of fused-ring (bicyclic) bond motifs is 1. The van der Waals surface area contributed by atoms with E-state index in [9.17, 15) is 9.59 Å². The highest BCUT2D eigenvalue weighted by Gasteiger charge is 2.29.